The summed E-state index contributed by atoms with van der Waals surface area (Å²) in [5.74, 6) is 0.938. The fourth-order valence-corrected chi connectivity index (χ4v) is 2.52. The zero-order valence-electron chi connectivity index (χ0n) is 11.5. The van der Waals surface area contributed by atoms with Gasteiger partial charge in [-0.2, -0.15) is 13.2 Å². The summed E-state index contributed by atoms with van der Waals surface area (Å²) in [6.07, 6.45) is -4.55. The molecule has 22 heavy (non-hydrogen) atoms. The Balaban J connectivity index is 2.16. The van der Waals surface area contributed by atoms with Gasteiger partial charge in [0.15, 0.2) is 11.5 Å². The SMILES string of the molecule is OCc1cccc(-c2ccc3c(c2)OCCO3)c1C(F)(F)F. The molecule has 3 nitrogen and oxygen atoms in total. The van der Waals surface area contributed by atoms with E-state index in [0.29, 0.717) is 30.3 Å². The summed E-state index contributed by atoms with van der Waals surface area (Å²) in [6.45, 7) is 0.104. The molecule has 0 amide bonds. The lowest BCUT2D eigenvalue weighted by Crippen LogP contribution is -2.15. The maximum absolute atomic E-state index is 13.4. The molecule has 1 heterocycles. The van der Waals surface area contributed by atoms with Gasteiger partial charge in [-0.05, 0) is 28.8 Å². The first kappa shape index (κ1) is 14.7. The third-order valence-corrected chi connectivity index (χ3v) is 3.46. The molecule has 0 aromatic heterocycles. The number of aliphatic hydroxyl groups is 1. The first-order valence-corrected chi connectivity index (χ1v) is 6.70. The van der Waals surface area contributed by atoms with Crippen molar-refractivity contribution in [3.05, 3.63) is 47.5 Å². The molecular weight excluding hydrogens is 297 g/mol. The van der Waals surface area contributed by atoms with Gasteiger partial charge in [0.05, 0.1) is 12.2 Å². The van der Waals surface area contributed by atoms with Crippen molar-refractivity contribution in [3.8, 4) is 22.6 Å². The van der Waals surface area contributed by atoms with Crippen molar-refractivity contribution < 1.29 is 27.8 Å². The van der Waals surface area contributed by atoms with Gasteiger partial charge in [0.2, 0.25) is 0 Å². The van der Waals surface area contributed by atoms with E-state index in [-0.39, 0.29) is 11.1 Å². The van der Waals surface area contributed by atoms with E-state index >= 15 is 0 Å². The highest BCUT2D eigenvalue weighted by molar-refractivity contribution is 5.72. The minimum atomic E-state index is -4.55. The molecule has 0 atom stereocenters. The Hall–Kier alpha value is -2.21. The molecule has 0 spiro atoms. The minimum absolute atomic E-state index is 0.0102. The Bertz CT molecular complexity index is 696. The summed E-state index contributed by atoms with van der Waals surface area (Å²) in [6, 6.07) is 8.82. The number of hydrogen-bond donors (Lipinski definition) is 1. The topological polar surface area (TPSA) is 38.7 Å². The standard InChI is InChI=1S/C16H13F3O3/c17-16(18,19)15-11(9-20)2-1-3-12(15)10-4-5-13-14(8-10)22-7-6-21-13/h1-5,8,20H,6-7,9H2. The molecule has 0 fully saturated rings. The average Bonchev–Trinajstić information content (AvgIpc) is 2.52. The summed E-state index contributed by atoms with van der Waals surface area (Å²) in [5, 5.41) is 9.20. The largest absolute Gasteiger partial charge is 0.486 e. The monoisotopic (exact) mass is 310 g/mol. The second-order valence-electron chi connectivity index (χ2n) is 4.85. The lowest BCUT2D eigenvalue weighted by Gasteiger charge is -2.20. The predicted molar refractivity (Wildman–Crippen MR) is 73.8 cm³/mol. The second kappa shape index (κ2) is 5.53. The molecule has 0 saturated heterocycles. The summed E-state index contributed by atoms with van der Waals surface area (Å²) in [7, 11) is 0. The van der Waals surface area contributed by atoms with Crippen LogP contribution in [0, 0.1) is 0 Å². The molecule has 0 radical (unpaired) electrons. The molecule has 0 unspecified atom stereocenters. The van der Waals surface area contributed by atoms with Crippen LogP contribution >= 0.6 is 0 Å². The highest BCUT2D eigenvalue weighted by atomic mass is 19.4. The van der Waals surface area contributed by atoms with Gasteiger partial charge < -0.3 is 14.6 Å². The van der Waals surface area contributed by atoms with Crippen molar-refractivity contribution in [1.82, 2.24) is 0 Å². The molecular formula is C16H13F3O3. The Morgan fingerprint density at radius 1 is 1.00 bits per heavy atom. The van der Waals surface area contributed by atoms with E-state index in [4.69, 9.17) is 9.47 Å². The fraction of sp³-hybridized carbons (Fsp3) is 0.250. The molecule has 3 rings (SSSR count). The maximum atomic E-state index is 13.4. The molecule has 1 aliphatic rings. The second-order valence-corrected chi connectivity index (χ2v) is 4.85. The van der Waals surface area contributed by atoms with Crippen LogP contribution in [0.1, 0.15) is 11.1 Å². The summed E-state index contributed by atoms with van der Waals surface area (Å²) in [4.78, 5) is 0. The zero-order valence-corrected chi connectivity index (χ0v) is 11.5. The van der Waals surface area contributed by atoms with E-state index in [2.05, 4.69) is 0 Å². The molecule has 0 bridgehead atoms. The molecule has 2 aromatic carbocycles. The number of hydrogen-bond acceptors (Lipinski definition) is 3. The van der Waals surface area contributed by atoms with Crippen LogP contribution in [0.3, 0.4) is 0 Å². The van der Waals surface area contributed by atoms with Crippen molar-refractivity contribution in [2.45, 2.75) is 12.8 Å². The lowest BCUT2D eigenvalue weighted by molar-refractivity contribution is -0.138. The van der Waals surface area contributed by atoms with Gasteiger partial charge in [0.25, 0.3) is 0 Å². The molecule has 6 heteroatoms. The molecule has 116 valence electrons. The Labute approximate surface area is 124 Å². The molecule has 1 aliphatic heterocycles. The van der Waals surface area contributed by atoms with Gasteiger partial charge >= 0.3 is 6.18 Å². The van der Waals surface area contributed by atoms with Crippen molar-refractivity contribution in [2.75, 3.05) is 13.2 Å². The third kappa shape index (κ3) is 2.62. The highest BCUT2D eigenvalue weighted by Gasteiger charge is 2.36. The van der Waals surface area contributed by atoms with Crippen LogP contribution in [-0.4, -0.2) is 18.3 Å². The van der Waals surface area contributed by atoms with Crippen molar-refractivity contribution >= 4 is 0 Å². The lowest BCUT2D eigenvalue weighted by atomic mass is 9.95. The fourth-order valence-electron chi connectivity index (χ4n) is 2.52. The number of fused-ring (bicyclic) bond motifs is 1. The number of halogens is 3. The van der Waals surface area contributed by atoms with Crippen molar-refractivity contribution in [2.24, 2.45) is 0 Å². The van der Waals surface area contributed by atoms with Crippen LogP contribution in [0.15, 0.2) is 36.4 Å². The molecule has 0 saturated carbocycles. The zero-order chi connectivity index (χ0) is 15.7. The van der Waals surface area contributed by atoms with Gasteiger partial charge in [-0.3, -0.25) is 0 Å². The summed E-state index contributed by atoms with van der Waals surface area (Å²) < 4.78 is 50.8. The van der Waals surface area contributed by atoms with Crippen LogP contribution in [0.2, 0.25) is 0 Å². The first-order valence-electron chi connectivity index (χ1n) is 6.70. The van der Waals surface area contributed by atoms with Gasteiger partial charge in [-0.15, -0.1) is 0 Å². The van der Waals surface area contributed by atoms with E-state index in [0.717, 1.165) is 0 Å². The molecule has 0 aliphatic carbocycles. The first-order chi connectivity index (χ1) is 10.5. The van der Waals surface area contributed by atoms with Gasteiger partial charge in [0.1, 0.15) is 13.2 Å². The van der Waals surface area contributed by atoms with Crippen molar-refractivity contribution in [1.29, 1.82) is 0 Å². The number of ether oxygens (including phenoxy) is 2. The predicted octanol–water partition coefficient (Wildman–Crippen LogP) is 3.64. The van der Waals surface area contributed by atoms with Crippen LogP contribution in [0.5, 0.6) is 11.5 Å². The van der Waals surface area contributed by atoms with Gasteiger partial charge in [-0.1, -0.05) is 24.3 Å². The van der Waals surface area contributed by atoms with E-state index in [1.54, 1.807) is 12.1 Å². The number of benzene rings is 2. The quantitative estimate of drug-likeness (QED) is 0.920. The molecule has 1 N–H and O–H groups in total. The van der Waals surface area contributed by atoms with Gasteiger partial charge in [-0.25, -0.2) is 0 Å². The van der Waals surface area contributed by atoms with Crippen molar-refractivity contribution in [3.63, 3.8) is 0 Å². The summed E-state index contributed by atoms with van der Waals surface area (Å²) in [5.41, 5.74) is -0.600. The minimum Gasteiger partial charge on any atom is -0.486 e. The van der Waals surface area contributed by atoms with Crippen LogP contribution in [0.25, 0.3) is 11.1 Å². The Morgan fingerprint density at radius 3 is 2.41 bits per heavy atom. The average molecular weight is 310 g/mol. The maximum Gasteiger partial charge on any atom is 0.417 e. The van der Waals surface area contributed by atoms with E-state index in [1.165, 1.54) is 24.3 Å². The van der Waals surface area contributed by atoms with E-state index < -0.39 is 18.3 Å². The van der Waals surface area contributed by atoms with Crippen LogP contribution in [-0.2, 0) is 12.8 Å². The number of aliphatic hydroxyl groups excluding tert-OH is 1. The Morgan fingerprint density at radius 2 is 1.73 bits per heavy atom. The smallest absolute Gasteiger partial charge is 0.417 e. The summed E-state index contributed by atoms with van der Waals surface area (Å²) >= 11 is 0. The molecule has 2 aromatic rings. The normalized spacial score (nSPS) is 14.0. The Kier molecular flexibility index (Phi) is 3.70. The highest BCUT2D eigenvalue weighted by Crippen LogP contribution is 2.42. The van der Waals surface area contributed by atoms with Crippen LogP contribution in [0.4, 0.5) is 13.2 Å². The van der Waals surface area contributed by atoms with E-state index in [1.807, 2.05) is 0 Å². The third-order valence-electron chi connectivity index (χ3n) is 3.46. The van der Waals surface area contributed by atoms with Crippen LogP contribution < -0.4 is 9.47 Å². The number of rotatable bonds is 2. The number of alkyl halides is 3. The van der Waals surface area contributed by atoms with E-state index in [9.17, 15) is 18.3 Å². The van der Waals surface area contributed by atoms with Gasteiger partial charge in [0, 0.05) is 0 Å².